The maximum atomic E-state index is 6.15. The average Bonchev–Trinajstić information content (AvgIpc) is 2.94. The number of hydrogen-bond acceptors (Lipinski definition) is 1. The highest BCUT2D eigenvalue weighted by Crippen LogP contribution is 2.43. The zero-order chi connectivity index (χ0) is 13.1. The van der Waals surface area contributed by atoms with E-state index in [0.29, 0.717) is 6.61 Å². The van der Waals surface area contributed by atoms with Gasteiger partial charge in [-0.3, -0.25) is 0 Å². The summed E-state index contributed by atoms with van der Waals surface area (Å²) in [6.07, 6.45) is 4.00. The minimum atomic E-state index is -0.510. The van der Waals surface area contributed by atoms with Crippen molar-refractivity contribution in [1.82, 2.24) is 0 Å². The van der Waals surface area contributed by atoms with Crippen molar-refractivity contribution in [3.05, 3.63) is 96.1 Å². The molecule has 0 atom stereocenters. The molecule has 1 heterocycles. The lowest BCUT2D eigenvalue weighted by molar-refractivity contribution is 0.0519. The van der Waals surface area contributed by atoms with Gasteiger partial charge in [-0.25, -0.2) is 0 Å². The quantitative estimate of drug-likeness (QED) is 0.795. The van der Waals surface area contributed by atoms with Crippen LogP contribution in [0.2, 0.25) is 0 Å². The van der Waals surface area contributed by atoms with Gasteiger partial charge in [0, 0.05) is 0 Å². The summed E-state index contributed by atoms with van der Waals surface area (Å²) in [7, 11) is 0. The molecule has 2 aromatic carbocycles. The van der Waals surface area contributed by atoms with Crippen molar-refractivity contribution in [2.24, 2.45) is 0 Å². The van der Waals surface area contributed by atoms with E-state index in [9.17, 15) is 0 Å². The summed E-state index contributed by atoms with van der Waals surface area (Å²) in [5.41, 5.74) is 2.89. The summed E-state index contributed by atoms with van der Waals surface area (Å²) in [6, 6.07) is 20.6. The van der Waals surface area contributed by atoms with Crippen LogP contribution >= 0.6 is 0 Å². The zero-order valence-corrected chi connectivity index (χ0v) is 10.8. The zero-order valence-electron chi connectivity index (χ0n) is 10.8. The lowest BCUT2D eigenvalue weighted by Crippen LogP contribution is -2.29. The second kappa shape index (κ2) is 4.87. The number of ether oxygens (including phenoxy) is 1. The van der Waals surface area contributed by atoms with Gasteiger partial charge in [0.1, 0.15) is 5.60 Å². The van der Waals surface area contributed by atoms with Gasteiger partial charge >= 0.3 is 0 Å². The molecule has 19 heavy (non-hydrogen) atoms. The number of benzene rings is 2. The van der Waals surface area contributed by atoms with Crippen molar-refractivity contribution in [3.63, 3.8) is 0 Å². The lowest BCUT2D eigenvalue weighted by Gasteiger charge is -2.32. The van der Waals surface area contributed by atoms with Gasteiger partial charge in [-0.05, 0) is 16.7 Å². The van der Waals surface area contributed by atoms with Crippen LogP contribution in [0.1, 0.15) is 11.1 Å². The molecule has 0 fully saturated rings. The molecule has 0 saturated heterocycles. The van der Waals surface area contributed by atoms with Crippen molar-refractivity contribution in [2.75, 3.05) is 6.61 Å². The van der Waals surface area contributed by atoms with Crippen molar-refractivity contribution in [1.29, 1.82) is 0 Å². The topological polar surface area (TPSA) is 9.23 Å². The molecule has 0 bridgehead atoms. The van der Waals surface area contributed by atoms with Crippen molar-refractivity contribution in [3.8, 4) is 0 Å². The molecule has 2 aromatic rings. The Bertz CT molecular complexity index is 557. The molecular formula is C18H16O. The fraction of sp³-hybridized carbons (Fsp3) is 0.111. The van der Waals surface area contributed by atoms with Gasteiger partial charge in [0.05, 0.1) is 6.61 Å². The first kappa shape index (κ1) is 11.9. The summed E-state index contributed by atoms with van der Waals surface area (Å²) >= 11 is 0. The Labute approximate surface area is 113 Å². The maximum Gasteiger partial charge on any atom is 0.143 e. The fourth-order valence-corrected chi connectivity index (χ4v) is 2.72. The van der Waals surface area contributed by atoms with Crippen LogP contribution in [0.15, 0.2) is 85.0 Å². The summed E-state index contributed by atoms with van der Waals surface area (Å²) in [6.45, 7) is 4.56. The standard InChI is InChI=1S/C18H16O/c1-2-15-13-14-19-18(15,16-9-5-3-6-10-16)17-11-7-4-8-12-17/h2-13H,1,14H2. The van der Waals surface area contributed by atoms with Gasteiger partial charge in [-0.2, -0.15) is 0 Å². The molecular weight excluding hydrogens is 232 g/mol. The summed E-state index contributed by atoms with van der Waals surface area (Å²) in [5.74, 6) is 0. The Balaban J connectivity index is 2.23. The summed E-state index contributed by atoms with van der Waals surface area (Å²) in [5, 5.41) is 0. The van der Waals surface area contributed by atoms with E-state index < -0.39 is 5.60 Å². The van der Waals surface area contributed by atoms with E-state index >= 15 is 0 Å². The molecule has 1 heteroatoms. The SMILES string of the molecule is C=CC1=CCOC1(c1ccccc1)c1ccccc1. The molecule has 0 radical (unpaired) electrons. The largest absolute Gasteiger partial charge is 0.357 e. The van der Waals surface area contributed by atoms with Crippen LogP contribution < -0.4 is 0 Å². The molecule has 0 spiro atoms. The summed E-state index contributed by atoms with van der Waals surface area (Å²) < 4.78 is 6.15. The maximum absolute atomic E-state index is 6.15. The molecule has 3 rings (SSSR count). The highest BCUT2D eigenvalue weighted by molar-refractivity contribution is 5.50. The Morgan fingerprint density at radius 2 is 1.42 bits per heavy atom. The fourth-order valence-electron chi connectivity index (χ4n) is 2.72. The van der Waals surface area contributed by atoms with Crippen LogP contribution in [0.3, 0.4) is 0 Å². The van der Waals surface area contributed by atoms with Gasteiger partial charge in [-0.1, -0.05) is 79.4 Å². The average molecular weight is 248 g/mol. The first-order valence-corrected chi connectivity index (χ1v) is 6.46. The summed E-state index contributed by atoms with van der Waals surface area (Å²) in [4.78, 5) is 0. The lowest BCUT2D eigenvalue weighted by atomic mass is 9.80. The first-order chi connectivity index (χ1) is 9.38. The van der Waals surface area contributed by atoms with Gasteiger partial charge in [0.25, 0.3) is 0 Å². The van der Waals surface area contributed by atoms with E-state index in [4.69, 9.17) is 4.74 Å². The minimum absolute atomic E-state index is 0.510. The Kier molecular flexibility index (Phi) is 3.06. The molecule has 0 unspecified atom stereocenters. The van der Waals surface area contributed by atoms with Crippen molar-refractivity contribution in [2.45, 2.75) is 5.60 Å². The van der Waals surface area contributed by atoms with Crippen LogP contribution in [0, 0.1) is 0 Å². The highest BCUT2D eigenvalue weighted by atomic mass is 16.5. The third-order valence-corrected chi connectivity index (χ3v) is 3.59. The minimum Gasteiger partial charge on any atom is -0.357 e. The van der Waals surface area contributed by atoms with E-state index in [1.54, 1.807) is 0 Å². The second-order valence-corrected chi connectivity index (χ2v) is 4.59. The van der Waals surface area contributed by atoms with E-state index in [2.05, 4.69) is 36.9 Å². The van der Waals surface area contributed by atoms with Gasteiger partial charge < -0.3 is 4.74 Å². The van der Waals surface area contributed by atoms with Crippen molar-refractivity contribution < 1.29 is 4.74 Å². The molecule has 1 aliphatic heterocycles. The molecule has 1 aliphatic rings. The van der Waals surface area contributed by atoms with E-state index in [-0.39, 0.29) is 0 Å². The van der Waals surface area contributed by atoms with Crippen LogP contribution in [0.25, 0.3) is 0 Å². The van der Waals surface area contributed by atoms with Gasteiger partial charge in [-0.15, -0.1) is 0 Å². The van der Waals surface area contributed by atoms with Crippen LogP contribution in [0.4, 0.5) is 0 Å². The molecule has 0 N–H and O–H groups in total. The third-order valence-electron chi connectivity index (χ3n) is 3.59. The van der Waals surface area contributed by atoms with Gasteiger partial charge in [0.15, 0.2) is 0 Å². The van der Waals surface area contributed by atoms with Crippen molar-refractivity contribution >= 4 is 0 Å². The van der Waals surface area contributed by atoms with E-state index in [0.717, 1.165) is 16.7 Å². The number of rotatable bonds is 3. The predicted octanol–water partition coefficient (Wildman–Crippen LogP) is 4.07. The monoisotopic (exact) mass is 248 g/mol. The first-order valence-electron chi connectivity index (χ1n) is 6.46. The second-order valence-electron chi connectivity index (χ2n) is 4.59. The molecule has 0 saturated carbocycles. The van der Waals surface area contributed by atoms with E-state index in [1.807, 2.05) is 42.5 Å². The molecule has 0 aromatic heterocycles. The Morgan fingerprint density at radius 1 is 0.895 bits per heavy atom. The van der Waals surface area contributed by atoms with Crippen LogP contribution in [-0.4, -0.2) is 6.61 Å². The number of hydrogen-bond donors (Lipinski definition) is 0. The van der Waals surface area contributed by atoms with Crippen LogP contribution in [-0.2, 0) is 10.3 Å². The molecule has 94 valence electrons. The van der Waals surface area contributed by atoms with Gasteiger partial charge in [0.2, 0.25) is 0 Å². The smallest absolute Gasteiger partial charge is 0.143 e. The highest BCUT2D eigenvalue weighted by Gasteiger charge is 2.40. The van der Waals surface area contributed by atoms with E-state index in [1.165, 1.54) is 0 Å². The normalized spacial score (nSPS) is 16.9. The molecule has 0 amide bonds. The predicted molar refractivity (Wildman–Crippen MR) is 77.9 cm³/mol. The Hall–Kier alpha value is -2.12. The van der Waals surface area contributed by atoms with Crippen LogP contribution in [0.5, 0.6) is 0 Å². The molecule has 0 aliphatic carbocycles. The third kappa shape index (κ3) is 1.83. The molecule has 1 nitrogen and oxygen atoms in total. The Morgan fingerprint density at radius 3 is 1.89 bits per heavy atom.